The third kappa shape index (κ3) is 21.5. The topological polar surface area (TPSA) is 388 Å². The molecule has 7 N–H and O–H groups in total. The number of benzene rings is 6. The van der Waals surface area contributed by atoms with Crippen molar-refractivity contribution in [2.24, 2.45) is 0 Å². The minimum absolute atomic E-state index is 0.00759. The van der Waals surface area contributed by atoms with Gasteiger partial charge in [-0.1, -0.05) is 72.8 Å². The third-order valence-electron chi connectivity index (χ3n) is 11.4. The van der Waals surface area contributed by atoms with Crippen molar-refractivity contribution in [2.75, 3.05) is 32.2 Å². The average Bonchev–Trinajstić information content (AvgIpc) is 4.50. The maximum Gasteiger partial charge on any atom is 0.314 e. The third-order valence-corrected chi connectivity index (χ3v) is 11.4. The molecule has 0 aliphatic heterocycles. The summed E-state index contributed by atoms with van der Waals surface area (Å²) in [5, 5.41) is 55.2. The van der Waals surface area contributed by atoms with Gasteiger partial charge < -0.3 is 63.5 Å². The molecule has 0 bridgehead atoms. The second kappa shape index (κ2) is 34.4. The molecular weight excluding hydrogens is 1110 g/mol. The number of hydrogen-bond donors (Lipinski definition) is 6. The van der Waals surface area contributed by atoms with Crippen LogP contribution >= 0.6 is 0 Å². The van der Waals surface area contributed by atoms with Gasteiger partial charge in [0, 0.05) is 5.56 Å². The number of phenolic OH excluding ortho intramolecular Hbond substituents is 3. The average molecular weight is 1170 g/mol. The molecule has 0 saturated carbocycles. The number of nitrogens with two attached hydrogens (primary N) is 1. The molecule has 448 valence electrons. The monoisotopic (exact) mass is 1170 g/mol. The number of nitrogen functional groups attached to an aromatic ring is 1. The van der Waals surface area contributed by atoms with E-state index in [1.165, 1.54) is 55.6 Å². The summed E-state index contributed by atoms with van der Waals surface area (Å²) >= 11 is 0. The number of oxazole rings is 3. The number of aliphatic carboxylic acids is 2. The van der Waals surface area contributed by atoms with E-state index in [1.54, 1.807) is 77.1 Å². The number of carbonyl (C=O) groups excluding carboxylic acids is 4. The maximum atomic E-state index is 11.6. The second-order valence-corrected chi connectivity index (χ2v) is 17.4. The number of aromatic nitrogens is 3. The number of ether oxygens (including phenoxy) is 4. The fraction of sp³-hybridized carbons (Fsp3) is 0.250. The largest absolute Gasteiger partial charge is 0.508 e. The molecule has 85 heavy (non-hydrogen) atoms. The minimum atomic E-state index is -0.893. The number of hydrogen-bond acceptors (Lipinski definition) is 22. The number of nitro benzene ring substituents is 1. The Balaban J connectivity index is 0.000000219. The van der Waals surface area contributed by atoms with Gasteiger partial charge in [-0.3, -0.25) is 38.9 Å². The van der Waals surface area contributed by atoms with Crippen LogP contribution in [0.3, 0.4) is 0 Å². The fourth-order valence-electron chi connectivity index (χ4n) is 7.62. The number of nitrogens with zero attached hydrogens (tertiary/aromatic N) is 4. The van der Waals surface area contributed by atoms with Crippen LogP contribution in [0.15, 0.2) is 148 Å². The lowest BCUT2D eigenvalue weighted by Crippen LogP contribution is -2.13. The number of phenols is 3. The number of anilines is 1. The molecule has 0 aliphatic carbocycles. The highest BCUT2D eigenvalue weighted by Gasteiger charge is 2.22. The summed E-state index contributed by atoms with van der Waals surface area (Å²) in [4.78, 5) is 88.0. The Morgan fingerprint density at radius 2 is 0.941 bits per heavy atom. The van der Waals surface area contributed by atoms with E-state index in [-0.39, 0.29) is 85.3 Å². The molecule has 9 rings (SSSR count). The Kier molecular flexibility index (Phi) is 27.0. The van der Waals surface area contributed by atoms with Crippen molar-refractivity contribution in [2.45, 2.75) is 72.6 Å². The fourth-order valence-corrected chi connectivity index (χ4v) is 7.62. The quantitative estimate of drug-likeness (QED) is 0.0123. The predicted molar refractivity (Wildman–Crippen MR) is 306 cm³/mol. The highest BCUT2D eigenvalue weighted by atomic mass is 16.6. The van der Waals surface area contributed by atoms with Crippen LogP contribution < -0.4 is 5.73 Å². The van der Waals surface area contributed by atoms with Gasteiger partial charge in [-0.25, -0.2) is 15.0 Å². The first-order chi connectivity index (χ1) is 40.7. The smallest absolute Gasteiger partial charge is 0.314 e. The van der Waals surface area contributed by atoms with Crippen LogP contribution in [-0.4, -0.2) is 108 Å². The molecular formula is C60H63N5O20. The molecule has 0 amide bonds. The summed E-state index contributed by atoms with van der Waals surface area (Å²) < 4.78 is 34.7. The van der Waals surface area contributed by atoms with Crippen molar-refractivity contribution in [1.29, 1.82) is 0 Å². The van der Waals surface area contributed by atoms with E-state index in [0.29, 0.717) is 58.8 Å². The van der Waals surface area contributed by atoms with E-state index < -0.39 is 34.3 Å². The summed E-state index contributed by atoms with van der Waals surface area (Å²) in [5.74, 6) is -3.82. The normalized spacial score (nSPS) is 10.5. The van der Waals surface area contributed by atoms with Crippen LogP contribution in [0.25, 0.3) is 33.3 Å². The maximum absolute atomic E-state index is 11.6. The van der Waals surface area contributed by atoms with E-state index in [9.17, 15) is 49.1 Å². The Labute approximate surface area is 485 Å². The van der Waals surface area contributed by atoms with E-state index in [2.05, 4.69) is 19.7 Å². The number of carbonyl (C=O) groups is 6. The molecule has 1 unspecified atom stereocenters. The Bertz CT molecular complexity index is 3660. The molecule has 0 saturated heterocycles. The molecule has 0 fully saturated rings. The lowest BCUT2D eigenvalue weighted by Gasteiger charge is -2.10. The lowest BCUT2D eigenvalue weighted by molar-refractivity contribution is -0.386. The number of nitro groups is 1. The summed E-state index contributed by atoms with van der Waals surface area (Å²) in [6.07, 6.45) is 4.10. The van der Waals surface area contributed by atoms with E-state index in [4.69, 9.17) is 48.5 Å². The number of esters is 4. The van der Waals surface area contributed by atoms with Crippen LogP contribution in [0.2, 0.25) is 0 Å². The van der Waals surface area contributed by atoms with E-state index in [1.807, 2.05) is 36.4 Å². The highest BCUT2D eigenvalue weighted by Crippen LogP contribution is 2.30. The van der Waals surface area contributed by atoms with Gasteiger partial charge in [-0.2, -0.15) is 0 Å². The highest BCUT2D eigenvalue weighted by molar-refractivity contribution is 5.86. The Hall–Kier alpha value is -10.9. The van der Waals surface area contributed by atoms with Gasteiger partial charge in [0.05, 0.1) is 75.1 Å². The Morgan fingerprint density at radius 1 is 0.529 bits per heavy atom. The molecule has 0 radical (unpaired) electrons. The summed E-state index contributed by atoms with van der Waals surface area (Å²) in [5.41, 5.74) is 13.1. The Morgan fingerprint density at radius 3 is 1.44 bits per heavy atom. The summed E-state index contributed by atoms with van der Waals surface area (Å²) in [6, 6.07) is 31.4. The molecule has 3 aromatic heterocycles. The molecule has 25 nitrogen and oxygen atoms in total. The van der Waals surface area contributed by atoms with Crippen molar-refractivity contribution < 1.29 is 91.4 Å². The zero-order valence-electron chi connectivity index (χ0n) is 46.9. The van der Waals surface area contributed by atoms with Crippen LogP contribution in [-0.2, 0) is 79.8 Å². The van der Waals surface area contributed by atoms with Crippen LogP contribution in [0.4, 0.5) is 11.4 Å². The van der Waals surface area contributed by atoms with Crippen molar-refractivity contribution in [3.63, 3.8) is 0 Å². The van der Waals surface area contributed by atoms with Gasteiger partial charge in [-0.15, -0.1) is 0 Å². The van der Waals surface area contributed by atoms with Crippen molar-refractivity contribution >= 4 is 80.5 Å². The van der Waals surface area contributed by atoms with Gasteiger partial charge in [-0.05, 0) is 105 Å². The van der Waals surface area contributed by atoms with Gasteiger partial charge in [0.25, 0.3) is 0 Å². The number of carboxylic acids is 2. The number of rotatable bonds is 17. The molecule has 3 heterocycles. The standard InChI is InChI=1S/C12H13NO3.C11H11NO3.C10H11NO5.C10H13NO3.C9H7NO3.C8H8O3/c1-3-15-12(14)8(2)9-5-4-6-10-11(9)13-7-16-10;1-2-14-10(13)6-8-4-3-5-9-11(8)12-7-15-9;1-2-16-9(13)6-7-4-3-5-8(12)10(7)11(14)15;1-2-14-9(13)6-7-4-3-5-8(12)10(7)11;11-8(12)4-6-2-1-3-7-9(6)10-5-13-7;9-7-3-1-2-6(4-7)5-8(10)11/h4-8H,3H2,1-2H3;3-5,7H,2,6H2,1H3;3-5,12H,2,6H2,1H3;3-5,12H,2,6,11H2,1H3;1-3,5H,4H2,(H,11,12);1-4,9H,5H2,(H,10,11). The number of para-hydroxylation sites is 5. The van der Waals surface area contributed by atoms with Crippen LogP contribution in [0.5, 0.6) is 17.2 Å². The van der Waals surface area contributed by atoms with Gasteiger partial charge in [0.1, 0.15) is 28.0 Å². The van der Waals surface area contributed by atoms with Crippen molar-refractivity contribution in [3.8, 4) is 17.2 Å². The first-order valence-corrected chi connectivity index (χ1v) is 26.0. The van der Waals surface area contributed by atoms with Gasteiger partial charge in [0.15, 0.2) is 41.7 Å². The zero-order valence-corrected chi connectivity index (χ0v) is 46.9. The predicted octanol–water partition coefficient (Wildman–Crippen LogP) is 9.39. The first kappa shape index (κ1) is 66.7. The lowest BCUT2D eigenvalue weighted by atomic mass is 10.0. The van der Waals surface area contributed by atoms with Gasteiger partial charge >= 0.3 is 41.5 Å². The van der Waals surface area contributed by atoms with Crippen molar-refractivity contribution in [3.05, 3.63) is 178 Å². The van der Waals surface area contributed by atoms with E-state index >= 15 is 0 Å². The number of aromatic hydroxyl groups is 3. The summed E-state index contributed by atoms with van der Waals surface area (Å²) in [6.45, 7) is 10.1. The van der Waals surface area contributed by atoms with Crippen LogP contribution in [0, 0.1) is 10.1 Å². The molecule has 6 aromatic carbocycles. The molecule has 1 atom stereocenters. The van der Waals surface area contributed by atoms with Gasteiger partial charge in [0.2, 0.25) is 0 Å². The number of carboxylic acid groups (broad SMARTS) is 2. The zero-order chi connectivity index (χ0) is 62.4. The molecule has 0 aliphatic rings. The molecule has 0 spiro atoms. The first-order valence-electron chi connectivity index (χ1n) is 26.0. The minimum Gasteiger partial charge on any atom is -0.508 e. The van der Waals surface area contributed by atoms with E-state index in [0.717, 1.165) is 22.2 Å². The number of fused-ring (bicyclic) bond motifs is 3. The molecule has 9 aromatic rings. The SMILES string of the molecule is CCOC(=O)C(C)c1cccc2ocnc12.CCOC(=O)Cc1cccc(O)c1N.CCOC(=O)Cc1cccc(O)c1[N+](=O)[O-].CCOC(=O)Cc1cccc2ocnc12.O=C(O)Cc1cccc(O)c1.O=C(O)Cc1cccc2ocnc12. The molecule has 25 heteroatoms. The second-order valence-electron chi connectivity index (χ2n) is 17.4. The summed E-state index contributed by atoms with van der Waals surface area (Å²) in [7, 11) is 0. The van der Waals surface area contributed by atoms with Crippen LogP contribution in [0.1, 0.15) is 73.9 Å². The van der Waals surface area contributed by atoms with Crippen molar-refractivity contribution in [1.82, 2.24) is 15.0 Å².